The molecule has 0 saturated carbocycles. The van der Waals surface area contributed by atoms with Gasteiger partial charge in [-0.25, -0.2) is 4.79 Å². The summed E-state index contributed by atoms with van der Waals surface area (Å²) in [5.74, 6) is 0.649. The summed E-state index contributed by atoms with van der Waals surface area (Å²) in [5.41, 5.74) is 1.32. The van der Waals surface area contributed by atoms with Crippen LogP contribution in [0.15, 0.2) is 24.3 Å². The largest absolute Gasteiger partial charge is 0.341 e. The molecule has 0 unspecified atom stereocenters. The lowest BCUT2D eigenvalue weighted by Gasteiger charge is -2.31. The zero-order chi connectivity index (χ0) is 20.1. The molecule has 1 atom stereocenters. The molecule has 2 aliphatic rings. The van der Waals surface area contributed by atoms with Crippen molar-refractivity contribution in [2.45, 2.75) is 33.1 Å². The normalized spacial score (nSPS) is 20.5. The van der Waals surface area contributed by atoms with Crippen LogP contribution in [0.25, 0.3) is 0 Å². The van der Waals surface area contributed by atoms with E-state index in [1.165, 1.54) is 6.42 Å². The van der Waals surface area contributed by atoms with Gasteiger partial charge in [-0.2, -0.15) is 0 Å². The van der Waals surface area contributed by atoms with Crippen LogP contribution in [-0.2, 0) is 4.79 Å². The van der Waals surface area contributed by atoms with Crippen LogP contribution in [0.4, 0.5) is 10.5 Å². The lowest BCUT2D eigenvalue weighted by atomic mass is 9.99. The lowest BCUT2D eigenvalue weighted by Crippen LogP contribution is -2.39. The van der Waals surface area contributed by atoms with Gasteiger partial charge in [-0.05, 0) is 49.4 Å². The van der Waals surface area contributed by atoms with Crippen molar-refractivity contribution in [1.82, 2.24) is 14.7 Å². The molecular weight excluding hydrogens is 356 g/mol. The summed E-state index contributed by atoms with van der Waals surface area (Å²) < 4.78 is 0. The number of carbonyl (C=O) groups is 3. The molecule has 0 radical (unpaired) electrons. The van der Waals surface area contributed by atoms with E-state index in [1.807, 2.05) is 4.90 Å². The SMILES string of the molecule is CC(=O)N1CCCN(C(=O)Nc2ccc(C(=O)N3CCC[C@H](C)C3)cc2)CC1. The third-order valence-corrected chi connectivity index (χ3v) is 5.56. The van der Waals surface area contributed by atoms with Crippen molar-refractivity contribution in [3.63, 3.8) is 0 Å². The molecule has 2 fully saturated rings. The van der Waals surface area contributed by atoms with E-state index >= 15 is 0 Å². The van der Waals surface area contributed by atoms with E-state index in [0.717, 1.165) is 25.9 Å². The maximum atomic E-state index is 12.6. The van der Waals surface area contributed by atoms with E-state index in [9.17, 15) is 14.4 Å². The lowest BCUT2D eigenvalue weighted by molar-refractivity contribution is -0.128. The molecule has 1 aromatic carbocycles. The molecule has 1 aromatic rings. The molecule has 2 aliphatic heterocycles. The Balaban J connectivity index is 1.55. The number of anilines is 1. The molecule has 0 aliphatic carbocycles. The van der Waals surface area contributed by atoms with Crippen molar-refractivity contribution in [2.75, 3.05) is 44.6 Å². The zero-order valence-corrected chi connectivity index (χ0v) is 16.8. The second-order valence-electron chi connectivity index (χ2n) is 7.85. The van der Waals surface area contributed by atoms with Gasteiger partial charge in [0.05, 0.1) is 0 Å². The van der Waals surface area contributed by atoms with Crippen molar-refractivity contribution in [1.29, 1.82) is 0 Å². The van der Waals surface area contributed by atoms with Crippen LogP contribution in [0.3, 0.4) is 0 Å². The number of nitrogens with one attached hydrogen (secondary N) is 1. The molecule has 0 bridgehead atoms. The van der Waals surface area contributed by atoms with Crippen LogP contribution in [0.2, 0.25) is 0 Å². The summed E-state index contributed by atoms with van der Waals surface area (Å²) in [6, 6.07) is 6.93. The number of carbonyl (C=O) groups excluding carboxylic acids is 3. The van der Waals surface area contributed by atoms with Gasteiger partial charge < -0.3 is 20.0 Å². The highest BCUT2D eigenvalue weighted by atomic mass is 16.2. The van der Waals surface area contributed by atoms with E-state index in [-0.39, 0.29) is 17.8 Å². The summed E-state index contributed by atoms with van der Waals surface area (Å²) >= 11 is 0. The van der Waals surface area contributed by atoms with Crippen molar-refractivity contribution >= 4 is 23.5 Å². The summed E-state index contributed by atoms with van der Waals surface area (Å²) in [6.07, 6.45) is 3.00. The number of likely N-dealkylation sites (tertiary alicyclic amines) is 1. The Morgan fingerprint density at radius 2 is 1.54 bits per heavy atom. The van der Waals surface area contributed by atoms with Crippen LogP contribution >= 0.6 is 0 Å². The fraction of sp³-hybridized carbons (Fsp3) is 0.571. The predicted octanol–water partition coefficient (Wildman–Crippen LogP) is 2.64. The van der Waals surface area contributed by atoms with Crippen LogP contribution in [0.1, 0.15) is 43.5 Å². The van der Waals surface area contributed by atoms with Crippen molar-refractivity contribution in [2.24, 2.45) is 5.92 Å². The number of rotatable bonds is 2. The highest BCUT2D eigenvalue weighted by molar-refractivity contribution is 5.95. The minimum absolute atomic E-state index is 0.0469. The molecule has 0 aromatic heterocycles. The van der Waals surface area contributed by atoms with Gasteiger partial charge in [0.2, 0.25) is 5.91 Å². The number of piperidine rings is 1. The van der Waals surface area contributed by atoms with Crippen molar-refractivity contribution in [3.05, 3.63) is 29.8 Å². The molecular formula is C21H30N4O3. The first-order chi connectivity index (χ1) is 13.4. The fourth-order valence-corrected chi connectivity index (χ4v) is 3.89. The van der Waals surface area contributed by atoms with Gasteiger partial charge in [0.1, 0.15) is 0 Å². The number of hydrogen-bond acceptors (Lipinski definition) is 3. The summed E-state index contributed by atoms with van der Waals surface area (Å²) in [4.78, 5) is 42.1. The molecule has 2 heterocycles. The second kappa shape index (κ2) is 9.08. The second-order valence-corrected chi connectivity index (χ2v) is 7.85. The standard InChI is InChI=1S/C21H30N4O3/c1-16-5-3-10-25(15-16)20(27)18-6-8-19(9-7-18)22-21(28)24-12-4-11-23(13-14-24)17(2)26/h6-9,16H,3-5,10-15H2,1-2H3,(H,22,28)/t16-/m0/s1. The molecule has 0 spiro atoms. The highest BCUT2D eigenvalue weighted by Crippen LogP contribution is 2.19. The number of benzene rings is 1. The van der Waals surface area contributed by atoms with Gasteiger partial charge in [-0.3, -0.25) is 9.59 Å². The van der Waals surface area contributed by atoms with Crippen LogP contribution < -0.4 is 5.32 Å². The monoisotopic (exact) mass is 386 g/mol. The molecule has 7 heteroatoms. The number of urea groups is 1. The zero-order valence-electron chi connectivity index (χ0n) is 16.8. The average Bonchev–Trinajstić information content (AvgIpc) is 2.94. The Morgan fingerprint density at radius 3 is 2.21 bits per heavy atom. The van der Waals surface area contributed by atoms with E-state index in [1.54, 1.807) is 41.0 Å². The summed E-state index contributed by atoms with van der Waals surface area (Å²) in [6.45, 7) is 7.75. The molecule has 152 valence electrons. The topological polar surface area (TPSA) is 73.0 Å². The first-order valence-corrected chi connectivity index (χ1v) is 10.1. The first kappa shape index (κ1) is 20.2. The van der Waals surface area contributed by atoms with Crippen LogP contribution in [0.5, 0.6) is 0 Å². The van der Waals surface area contributed by atoms with Crippen molar-refractivity contribution in [3.8, 4) is 0 Å². The quantitative estimate of drug-likeness (QED) is 0.849. The first-order valence-electron chi connectivity index (χ1n) is 10.1. The average molecular weight is 386 g/mol. The Hall–Kier alpha value is -2.57. The van der Waals surface area contributed by atoms with Gasteiger partial charge in [0.15, 0.2) is 0 Å². The Kier molecular flexibility index (Phi) is 6.54. The van der Waals surface area contributed by atoms with Crippen LogP contribution in [0, 0.1) is 5.92 Å². The number of amides is 4. The van der Waals surface area contributed by atoms with Gasteiger partial charge in [-0.15, -0.1) is 0 Å². The van der Waals surface area contributed by atoms with Gasteiger partial charge >= 0.3 is 6.03 Å². The van der Waals surface area contributed by atoms with Crippen LogP contribution in [-0.4, -0.2) is 71.8 Å². The molecule has 7 nitrogen and oxygen atoms in total. The van der Waals surface area contributed by atoms with Gasteiger partial charge in [-0.1, -0.05) is 6.92 Å². The minimum atomic E-state index is -0.172. The molecule has 3 rings (SSSR count). The molecule has 4 amide bonds. The maximum absolute atomic E-state index is 12.6. The number of hydrogen-bond donors (Lipinski definition) is 1. The Bertz CT molecular complexity index is 719. The maximum Gasteiger partial charge on any atom is 0.321 e. The predicted molar refractivity (Wildman–Crippen MR) is 108 cm³/mol. The summed E-state index contributed by atoms with van der Waals surface area (Å²) in [5, 5.41) is 2.89. The highest BCUT2D eigenvalue weighted by Gasteiger charge is 2.23. The Morgan fingerprint density at radius 1 is 0.893 bits per heavy atom. The number of nitrogens with zero attached hydrogens (tertiary/aromatic N) is 3. The van der Waals surface area contributed by atoms with E-state index in [2.05, 4.69) is 12.2 Å². The van der Waals surface area contributed by atoms with E-state index in [4.69, 9.17) is 0 Å². The molecule has 1 N–H and O–H groups in total. The third kappa shape index (κ3) is 5.03. The van der Waals surface area contributed by atoms with E-state index in [0.29, 0.717) is 43.3 Å². The van der Waals surface area contributed by atoms with E-state index < -0.39 is 0 Å². The molecule has 28 heavy (non-hydrogen) atoms. The fourth-order valence-electron chi connectivity index (χ4n) is 3.89. The summed E-state index contributed by atoms with van der Waals surface area (Å²) in [7, 11) is 0. The van der Waals surface area contributed by atoms with Gasteiger partial charge in [0, 0.05) is 57.4 Å². The van der Waals surface area contributed by atoms with Crippen molar-refractivity contribution < 1.29 is 14.4 Å². The smallest absolute Gasteiger partial charge is 0.321 e. The third-order valence-electron chi connectivity index (χ3n) is 5.56. The molecule has 2 saturated heterocycles. The van der Waals surface area contributed by atoms with Gasteiger partial charge in [0.25, 0.3) is 5.91 Å². The minimum Gasteiger partial charge on any atom is -0.341 e. The Labute approximate surface area is 166 Å².